The molecule has 1 saturated heterocycles. The van der Waals surface area contributed by atoms with Crippen LogP contribution in [0.1, 0.15) is 24.3 Å². The summed E-state index contributed by atoms with van der Waals surface area (Å²) < 4.78 is 6.05. The monoisotopic (exact) mass is 274 g/mol. The molecule has 0 spiro atoms. The van der Waals surface area contributed by atoms with Crippen LogP contribution in [-0.4, -0.2) is 24.2 Å². The van der Waals surface area contributed by atoms with Gasteiger partial charge in [0.1, 0.15) is 11.9 Å². The van der Waals surface area contributed by atoms with Crippen molar-refractivity contribution in [3.8, 4) is 0 Å². The van der Waals surface area contributed by atoms with Crippen molar-refractivity contribution in [2.24, 2.45) is 0 Å². The maximum Gasteiger partial charge on any atom is 0.128 e. The van der Waals surface area contributed by atoms with Crippen molar-refractivity contribution < 1.29 is 4.74 Å². The molecule has 3 nitrogen and oxygen atoms in total. The van der Waals surface area contributed by atoms with Crippen molar-refractivity contribution in [2.75, 3.05) is 18.0 Å². The van der Waals surface area contributed by atoms with Gasteiger partial charge in [0.2, 0.25) is 0 Å². The molecule has 1 aliphatic rings. The summed E-state index contributed by atoms with van der Waals surface area (Å²) in [7, 11) is 0. The van der Waals surface area contributed by atoms with E-state index in [0.29, 0.717) is 0 Å². The van der Waals surface area contributed by atoms with Gasteiger partial charge in [-0.1, -0.05) is 6.07 Å². The number of rotatable bonds is 2. The summed E-state index contributed by atoms with van der Waals surface area (Å²) in [5.74, 6) is 1.05. The predicted molar refractivity (Wildman–Crippen MR) is 78.8 cm³/mol. The Hall–Kier alpha value is -1.39. The minimum absolute atomic E-state index is 0.150. The van der Waals surface area contributed by atoms with Crippen LogP contribution in [0.2, 0.25) is 0 Å². The van der Waals surface area contributed by atoms with Crippen LogP contribution in [0, 0.1) is 6.92 Å². The van der Waals surface area contributed by atoms with Crippen LogP contribution in [0.15, 0.2) is 35.0 Å². The maximum atomic E-state index is 6.05. The van der Waals surface area contributed by atoms with E-state index in [0.717, 1.165) is 24.6 Å². The molecule has 2 atom stereocenters. The number of aryl methyl sites for hydroxylation is 1. The highest BCUT2D eigenvalue weighted by Crippen LogP contribution is 2.29. The fourth-order valence-corrected chi connectivity index (χ4v) is 3.19. The van der Waals surface area contributed by atoms with E-state index in [1.807, 2.05) is 13.0 Å². The molecule has 0 amide bonds. The largest absolute Gasteiger partial charge is 0.367 e. The smallest absolute Gasteiger partial charge is 0.128 e. The van der Waals surface area contributed by atoms with Gasteiger partial charge in [0.25, 0.3) is 0 Å². The second-order valence-electron chi connectivity index (χ2n) is 5.03. The van der Waals surface area contributed by atoms with Crippen LogP contribution in [0.4, 0.5) is 5.82 Å². The first-order valence-electron chi connectivity index (χ1n) is 6.58. The molecule has 0 aliphatic carbocycles. The van der Waals surface area contributed by atoms with Crippen LogP contribution in [-0.2, 0) is 4.74 Å². The fraction of sp³-hybridized carbons (Fsp3) is 0.400. The number of morpholine rings is 1. The van der Waals surface area contributed by atoms with E-state index in [1.165, 1.54) is 5.56 Å². The third-order valence-electron chi connectivity index (χ3n) is 3.37. The standard InChI is InChI=1S/C15H18N2OS/c1-11-4-3-5-15(16-11)17-8-12(2)18-14(9-17)13-6-7-19-10-13/h3-7,10,12,14H,8-9H2,1-2H3. The van der Waals surface area contributed by atoms with E-state index in [1.54, 1.807) is 11.3 Å². The molecular weight excluding hydrogens is 256 g/mol. The van der Waals surface area contributed by atoms with Crippen LogP contribution in [0.3, 0.4) is 0 Å². The molecule has 3 rings (SSSR count). The summed E-state index contributed by atoms with van der Waals surface area (Å²) in [4.78, 5) is 6.94. The van der Waals surface area contributed by atoms with Gasteiger partial charge < -0.3 is 9.64 Å². The summed E-state index contributed by atoms with van der Waals surface area (Å²) in [5.41, 5.74) is 2.33. The van der Waals surface area contributed by atoms with Crippen molar-refractivity contribution in [2.45, 2.75) is 26.1 Å². The lowest BCUT2D eigenvalue weighted by molar-refractivity contribution is -0.0174. The SMILES string of the molecule is Cc1cccc(N2CC(C)OC(c3ccsc3)C2)n1. The molecule has 0 N–H and O–H groups in total. The normalized spacial score (nSPS) is 23.6. The molecule has 4 heteroatoms. The van der Waals surface area contributed by atoms with E-state index in [9.17, 15) is 0 Å². The van der Waals surface area contributed by atoms with Gasteiger partial charge in [-0.25, -0.2) is 4.98 Å². The van der Waals surface area contributed by atoms with Gasteiger partial charge in [-0.2, -0.15) is 11.3 Å². The molecule has 2 aromatic rings. The van der Waals surface area contributed by atoms with E-state index >= 15 is 0 Å². The van der Waals surface area contributed by atoms with E-state index in [4.69, 9.17) is 4.74 Å². The second kappa shape index (κ2) is 5.31. The fourth-order valence-electron chi connectivity index (χ4n) is 2.49. The van der Waals surface area contributed by atoms with Gasteiger partial charge in [0.05, 0.1) is 6.10 Å². The molecule has 2 aromatic heterocycles. The van der Waals surface area contributed by atoms with E-state index in [-0.39, 0.29) is 12.2 Å². The Bertz CT molecular complexity index is 541. The molecule has 2 unspecified atom stereocenters. The lowest BCUT2D eigenvalue weighted by atomic mass is 10.1. The molecule has 0 saturated carbocycles. The van der Waals surface area contributed by atoms with Crippen molar-refractivity contribution in [1.29, 1.82) is 0 Å². The van der Waals surface area contributed by atoms with Gasteiger partial charge in [-0.3, -0.25) is 0 Å². The van der Waals surface area contributed by atoms with E-state index < -0.39 is 0 Å². The lowest BCUT2D eigenvalue weighted by Crippen LogP contribution is -2.43. The average Bonchev–Trinajstić information content (AvgIpc) is 2.92. The van der Waals surface area contributed by atoms with Gasteiger partial charge in [0, 0.05) is 18.8 Å². The number of hydrogen-bond donors (Lipinski definition) is 0. The molecule has 3 heterocycles. The number of pyridine rings is 1. The Kier molecular flexibility index (Phi) is 3.53. The van der Waals surface area contributed by atoms with Crippen LogP contribution >= 0.6 is 11.3 Å². The van der Waals surface area contributed by atoms with Gasteiger partial charge in [-0.15, -0.1) is 0 Å². The Morgan fingerprint density at radius 1 is 1.32 bits per heavy atom. The van der Waals surface area contributed by atoms with Crippen molar-refractivity contribution in [3.05, 3.63) is 46.3 Å². The number of aromatic nitrogens is 1. The van der Waals surface area contributed by atoms with Crippen molar-refractivity contribution in [3.63, 3.8) is 0 Å². The molecule has 100 valence electrons. The molecule has 0 radical (unpaired) electrons. The molecule has 19 heavy (non-hydrogen) atoms. The number of hydrogen-bond acceptors (Lipinski definition) is 4. The molecule has 0 bridgehead atoms. The molecule has 1 fully saturated rings. The van der Waals surface area contributed by atoms with E-state index in [2.05, 4.69) is 45.8 Å². The lowest BCUT2D eigenvalue weighted by Gasteiger charge is -2.37. The third kappa shape index (κ3) is 2.80. The summed E-state index contributed by atoms with van der Waals surface area (Å²) >= 11 is 1.72. The third-order valence-corrected chi connectivity index (χ3v) is 4.07. The van der Waals surface area contributed by atoms with Gasteiger partial charge in [0.15, 0.2) is 0 Å². The zero-order valence-corrected chi connectivity index (χ0v) is 12.1. The molecule has 0 aromatic carbocycles. The van der Waals surface area contributed by atoms with Crippen LogP contribution in [0.25, 0.3) is 0 Å². The summed E-state index contributed by atoms with van der Waals surface area (Å²) in [6.45, 7) is 5.93. The topological polar surface area (TPSA) is 25.4 Å². The quantitative estimate of drug-likeness (QED) is 0.839. The maximum absolute atomic E-state index is 6.05. The highest BCUT2D eigenvalue weighted by Gasteiger charge is 2.27. The first-order chi connectivity index (χ1) is 9.22. The highest BCUT2D eigenvalue weighted by molar-refractivity contribution is 7.07. The van der Waals surface area contributed by atoms with Gasteiger partial charge >= 0.3 is 0 Å². The second-order valence-corrected chi connectivity index (χ2v) is 5.81. The average molecular weight is 274 g/mol. The first-order valence-corrected chi connectivity index (χ1v) is 7.53. The van der Waals surface area contributed by atoms with Crippen LogP contribution in [0.5, 0.6) is 0 Å². The van der Waals surface area contributed by atoms with Gasteiger partial charge in [-0.05, 0) is 48.4 Å². The minimum atomic E-state index is 0.150. The minimum Gasteiger partial charge on any atom is -0.367 e. The Labute approximate surface area is 117 Å². The predicted octanol–water partition coefficient (Wildman–Crippen LogP) is 3.42. The Balaban J connectivity index is 1.83. The Morgan fingerprint density at radius 2 is 2.21 bits per heavy atom. The molecule has 1 aliphatic heterocycles. The Morgan fingerprint density at radius 3 is 2.95 bits per heavy atom. The zero-order valence-electron chi connectivity index (χ0n) is 11.2. The van der Waals surface area contributed by atoms with Crippen LogP contribution < -0.4 is 4.90 Å². The van der Waals surface area contributed by atoms with Crippen molar-refractivity contribution >= 4 is 17.2 Å². The number of nitrogens with zero attached hydrogens (tertiary/aromatic N) is 2. The summed E-state index contributed by atoms with van der Waals surface area (Å²) in [6.07, 6.45) is 0.373. The zero-order chi connectivity index (χ0) is 13.2. The highest BCUT2D eigenvalue weighted by atomic mass is 32.1. The summed E-state index contributed by atoms with van der Waals surface area (Å²) in [6, 6.07) is 8.33. The first kappa shape index (κ1) is 12.6. The van der Waals surface area contributed by atoms with Crippen molar-refractivity contribution in [1.82, 2.24) is 4.98 Å². The number of ether oxygens (including phenoxy) is 1. The number of thiophene rings is 1. The summed E-state index contributed by atoms with van der Waals surface area (Å²) in [5, 5.41) is 4.28. The number of anilines is 1. The molecular formula is C15H18N2OS.